The van der Waals surface area contributed by atoms with Crippen LogP contribution in [0.1, 0.15) is 6.92 Å². The molecule has 0 unspecified atom stereocenters. The van der Waals surface area contributed by atoms with Crippen LogP contribution in [0.2, 0.25) is 0 Å². The van der Waals surface area contributed by atoms with E-state index in [1.165, 1.54) is 0 Å². The van der Waals surface area contributed by atoms with Crippen LogP contribution in [-0.4, -0.2) is 31.1 Å². The van der Waals surface area contributed by atoms with E-state index in [1.807, 2.05) is 35.9 Å². The van der Waals surface area contributed by atoms with Gasteiger partial charge in [0.25, 0.3) is 10.1 Å². The molecule has 1 atom stereocenters. The molecule has 0 spiro atoms. The van der Waals surface area contributed by atoms with Gasteiger partial charge in [0.15, 0.2) is 0 Å². The average Bonchev–Trinajstić information content (AvgIpc) is 2.70. The van der Waals surface area contributed by atoms with Crippen molar-refractivity contribution in [2.45, 2.75) is 13.5 Å². The maximum absolute atomic E-state index is 10.9. The van der Waals surface area contributed by atoms with Crippen LogP contribution in [0.5, 0.6) is 0 Å². The van der Waals surface area contributed by atoms with Crippen molar-refractivity contribution >= 4 is 21.0 Å². The molecule has 0 saturated heterocycles. The normalized spacial score (nSPS) is 13.9. The first-order valence-corrected chi connectivity index (χ1v) is 7.52. The molecule has 18 heavy (non-hydrogen) atoms. The Morgan fingerprint density at radius 2 is 2.11 bits per heavy atom. The zero-order valence-electron chi connectivity index (χ0n) is 10.4. The Bertz CT molecular complexity index is 634. The molecule has 2 rings (SSSR count). The van der Waals surface area contributed by atoms with E-state index in [-0.39, 0.29) is 12.5 Å². The molecular weight excluding hydrogens is 252 g/mol. The average molecular weight is 268 g/mol. The van der Waals surface area contributed by atoms with Crippen molar-refractivity contribution in [2.75, 3.05) is 12.9 Å². The van der Waals surface area contributed by atoms with Crippen LogP contribution in [0.4, 0.5) is 0 Å². The van der Waals surface area contributed by atoms with Crippen LogP contribution in [0.15, 0.2) is 30.5 Å². The summed E-state index contributed by atoms with van der Waals surface area (Å²) in [5.74, 6) is 0.0723. The summed E-state index contributed by atoms with van der Waals surface area (Å²) in [5, 5.41) is 5.37. The molecule has 98 valence electrons. The van der Waals surface area contributed by atoms with Gasteiger partial charge < -0.3 is 0 Å². The number of aromatic nitrogens is 2. The third kappa shape index (κ3) is 3.30. The van der Waals surface area contributed by atoms with Gasteiger partial charge >= 0.3 is 0 Å². The van der Waals surface area contributed by atoms with E-state index in [4.69, 9.17) is 4.18 Å². The summed E-state index contributed by atoms with van der Waals surface area (Å²) in [6, 6.07) is 7.91. The summed E-state index contributed by atoms with van der Waals surface area (Å²) in [4.78, 5) is 0. The summed E-state index contributed by atoms with van der Waals surface area (Å²) in [7, 11) is -3.37. The van der Waals surface area contributed by atoms with Crippen molar-refractivity contribution < 1.29 is 12.6 Å². The summed E-state index contributed by atoms with van der Waals surface area (Å²) >= 11 is 0. The number of hydrogen-bond donors (Lipinski definition) is 0. The van der Waals surface area contributed by atoms with Crippen LogP contribution in [0.3, 0.4) is 0 Å². The number of benzene rings is 1. The van der Waals surface area contributed by atoms with Gasteiger partial charge in [-0.1, -0.05) is 25.1 Å². The Labute approximate surface area is 106 Å². The predicted molar refractivity (Wildman–Crippen MR) is 69.7 cm³/mol. The lowest BCUT2D eigenvalue weighted by Gasteiger charge is -2.11. The Kier molecular flexibility index (Phi) is 3.68. The largest absolute Gasteiger partial charge is 0.270 e. The summed E-state index contributed by atoms with van der Waals surface area (Å²) in [6.07, 6.45) is 2.86. The smallest absolute Gasteiger partial charge is 0.264 e. The molecule has 1 heterocycles. The molecule has 0 N–H and O–H groups in total. The van der Waals surface area contributed by atoms with Crippen molar-refractivity contribution in [3.63, 3.8) is 0 Å². The second-order valence-corrected chi connectivity index (χ2v) is 6.12. The highest BCUT2D eigenvalue weighted by atomic mass is 32.2. The SMILES string of the molecule is C[C@H](COS(C)(=O)=O)Cn1ncc2ccccc21. The van der Waals surface area contributed by atoms with Crippen LogP contribution in [0, 0.1) is 5.92 Å². The van der Waals surface area contributed by atoms with Gasteiger partial charge in [-0.15, -0.1) is 0 Å². The summed E-state index contributed by atoms with van der Waals surface area (Å²) in [6.45, 7) is 2.73. The van der Waals surface area contributed by atoms with E-state index >= 15 is 0 Å². The van der Waals surface area contributed by atoms with Gasteiger partial charge in [0.05, 0.1) is 24.6 Å². The van der Waals surface area contributed by atoms with Crippen LogP contribution >= 0.6 is 0 Å². The van der Waals surface area contributed by atoms with Gasteiger partial charge in [-0.3, -0.25) is 8.86 Å². The molecule has 1 aromatic carbocycles. The van der Waals surface area contributed by atoms with E-state index in [9.17, 15) is 8.42 Å². The van der Waals surface area contributed by atoms with E-state index in [0.717, 1.165) is 17.2 Å². The van der Waals surface area contributed by atoms with Gasteiger partial charge in [-0.25, -0.2) is 0 Å². The fraction of sp³-hybridized carbons (Fsp3) is 0.417. The standard InChI is InChI=1S/C12H16N2O3S/c1-10(9-17-18(2,15)16)8-14-12-6-4-3-5-11(12)7-13-14/h3-7,10H,8-9H2,1-2H3/t10-/m0/s1. The minimum absolute atomic E-state index is 0.0723. The van der Waals surface area contributed by atoms with Crippen LogP contribution in [-0.2, 0) is 20.8 Å². The van der Waals surface area contributed by atoms with Crippen molar-refractivity contribution in [1.29, 1.82) is 0 Å². The Balaban J connectivity index is 2.05. The van der Waals surface area contributed by atoms with Crippen molar-refractivity contribution in [3.05, 3.63) is 30.5 Å². The molecular formula is C12H16N2O3S. The van der Waals surface area contributed by atoms with Gasteiger partial charge in [-0.2, -0.15) is 13.5 Å². The van der Waals surface area contributed by atoms with E-state index in [1.54, 1.807) is 6.20 Å². The first kappa shape index (κ1) is 13.0. The molecule has 0 aliphatic heterocycles. The third-order valence-corrected chi connectivity index (χ3v) is 3.17. The quantitative estimate of drug-likeness (QED) is 0.774. The predicted octanol–water partition coefficient (Wildman–Crippen LogP) is 1.65. The zero-order valence-corrected chi connectivity index (χ0v) is 11.2. The van der Waals surface area contributed by atoms with Crippen LogP contribution < -0.4 is 0 Å². The molecule has 6 heteroatoms. The highest BCUT2D eigenvalue weighted by Gasteiger charge is 2.10. The first-order chi connectivity index (χ1) is 8.46. The molecule has 2 aromatic rings. The summed E-state index contributed by atoms with van der Waals surface area (Å²) < 4.78 is 28.5. The number of fused-ring (bicyclic) bond motifs is 1. The molecule has 0 saturated carbocycles. The second kappa shape index (κ2) is 5.07. The maximum atomic E-state index is 10.9. The number of hydrogen-bond acceptors (Lipinski definition) is 4. The van der Waals surface area contributed by atoms with Crippen molar-refractivity contribution in [2.24, 2.45) is 5.92 Å². The zero-order chi connectivity index (χ0) is 13.2. The molecule has 0 amide bonds. The molecule has 0 radical (unpaired) electrons. The third-order valence-electron chi connectivity index (χ3n) is 2.60. The monoisotopic (exact) mass is 268 g/mol. The van der Waals surface area contributed by atoms with Gasteiger partial charge in [-0.05, 0) is 6.07 Å². The van der Waals surface area contributed by atoms with E-state index in [2.05, 4.69) is 5.10 Å². The lowest BCUT2D eigenvalue weighted by molar-refractivity contribution is 0.248. The Morgan fingerprint density at radius 1 is 1.39 bits per heavy atom. The number of nitrogens with zero attached hydrogens (tertiary/aromatic N) is 2. The minimum atomic E-state index is -3.37. The molecule has 5 nitrogen and oxygen atoms in total. The van der Waals surface area contributed by atoms with Gasteiger partial charge in [0.1, 0.15) is 0 Å². The maximum Gasteiger partial charge on any atom is 0.264 e. The Hall–Kier alpha value is -1.40. The first-order valence-electron chi connectivity index (χ1n) is 5.70. The molecule has 0 fully saturated rings. The van der Waals surface area contributed by atoms with Crippen molar-refractivity contribution in [1.82, 2.24) is 9.78 Å². The number of rotatable bonds is 5. The van der Waals surface area contributed by atoms with Gasteiger partial charge in [0.2, 0.25) is 0 Å². The second-order valence-electron chi connectivity index (χ2n) is 4.48. The topological polar surface area (TPSA) is 61.2 Å². The number of para-hydroxylation sites is 1. The fourth-order valence-corrected chi connectivity index (χ4v) is 2.24. The van der Waals surface area contributed by atoms with E-state index < -0.39 is 10.1 Å². The van der Waals surface area contributed by atoms with Crippen LogP contribution in [0.25, 0.3) is 10.9 Å². The Morgan fingerprint density at radius 3 is 2.83 bits per heavy atom. The minimum Gasteiger partial charge on any atom is -0.270 e. The van der Waals surface area contributed by atoms with Crippen molar-refractivity contribution in [3.8, 4) is 0 Å². The molecule has 1 aromatic heterocycles. The molecule has 0 aliphatic rings. The molecule has 0 bridgehead atoms. The highest BCUT2D eigenvalue weighted by Crippen LogP contribution is 2.14. The van der Waals surface area contributed by atoms with Gasteiger partial charge in [0, 0.05) is 17.8 Å². The highest BCUT2D eigenvalue weighted by molar-refractivity contribution is 7.85. The summed E-state index contributed by atoms with van der Waals surface area (Å²) in [5.41, 5.74) is 1.05. The molecule has 0 aliphatic carbocycles. The lowest BCUT2D eigenvalue weighted by atomic mass is 10.2. The van der Waals surface area contributed by atoms with E-state index in [0.29, 0.717) is 6.54 Å². The fourth-order valence-electron chi connectivity index (χ4n) is 1.76. The lowest BCUT2D eigenvalue weighted by Crippen LogP contribution is -2.16.